The van der Waals surface area contributed by atoms with Crippen molar-refractivity contribution in [2.45, 2.75) is 95.8 Å². The molecule has 3 fully saturated rings. The van der Waals surface area contributed by atoms with E-state index in [1.54, 1.807) is 27.7 Å². The SMILES string of the molecule is CC1(C)OC[C@@H]([C@@H]2OC(C)(C)O[C@H]2C(=O)C[C@H](O)[C@H]2COC(C)(C)O2)O1. The Bertz CT molecular complexity index is 543. The number of ether oxygens (including phenoxy) is 6. The van der Waals surface area contributed by atoms with Crippen molar-refractivity contribution in [1.29, 1.82) is 0 Å². The topological polar surface area (TPSA) is 92.7 Å². The minimum atomic E-state index is -0.977. The summed E-state index contributed by atoms with van der Waals surface area (Å²) < 4.78 is 34.3. The molecule has 0 aromatic carbocycles. The molecule has 0 radical (unpaired) electrons. The molecule has 3 heterocycles. The van der Waals surface area contributed by atoms with Crippen molar-refractivity contribution in [2.75, 3.05) is 13.2 Å². The Morgan fingerprint density at radius 1 is 0.923 bits per heavy atom. The lowest BCUT2D eigenvalue weighted by Gasteiger charge is -2.24. The van der Waals surface area contributed by atoms with Gasteiger partial charge in [-0.2, -0.15) is 0 Å². The maximum Gasteiger partial charge on any atom is 0.167 e. The third-order valence-electron chi connectivity index (χ3n) is 4.71. The summed E-state index contributed by atoms with van der Waals surface area (Å²) in [5.41, 5.74) is 0. The lowest BCUT2D eigenvalue weighted by Crippen LogP contribution is -2.44. The molecule has 0 unspecified atom stereocenters. The van der Waals surface area contributed by atoms with Gasteiger partial charge in [-0.1, -0.05) is 0 Å². The van der Waals surface area contributed by atoms with Crippen LogP contribution in [0.4, 0.5) is 0 Å². The zero-order chi connectivity index (χ0) is 19.3. The predicted molar refractivity (Wildman–Crippen MR) is 89.3 cm³/mol. The fourth-order valence-electron chi connectivity index (χ4n) is 3.55. The van der Waals surface area contributed by atoms with Crippen molar-refractivity contribution in [2.24, 2.45) is 0 Å². The third-order valence-corrected chi connectivity index (χ3v) is 4.71. The minimum absolute atomic E-state index is 0.109. The number of rotatable bonds is 5. The molecule has 3 aliphatic heterocycles. The van der Waals surface area contributed by atoms with E-state index in [1.165, 1.54) is 0 Å². The molecular formula is C18H30O8. The lowest BCUT2D eigenvalue weighted by molar-refractivity contribution is -0.175. The summed E-state index contributed by atoms with van der Waals surface area (Å²) in [6.45, 7) is 11.2. The van der Waals surface area contributed by atoms with Crippen LogP contribution in [0.3, 0.4) is 0 Å². The van der Waals surface area contributed by atoms with Gasteiger partial charge in [0, 0.05) is 6.42 Å². The first kappa shape index (κ1) is 20.1. The summed E-state index contributed by atoms with van der Waals surface area (Å²) in [5, 5.41) is 10.4. The summed E-state index contributed by atoms with van der Waals surface area (Å²) in [5.74, 6) is -2.66. The predicted octanol–water partition coefficient (Wildman–Crippen LogP) is 1.13. The van der Waals surface area contributed by atoms with E-state index in [1.807, 2.05) is 13.8 Å². The van der Waals surface area contributed by atoms with Crippen LogP contribution in [0.25, 0.3) is 0 Å². The van der Waals surface area contributed by atoms with Gasteiger partial charge in [0.25, 0.3) is 0 Å². The quantitative estimate of drug-likeness (QED) is 0.766. The highest BCUT2D eigenvalue weighted by molar-refractivity contribution is 5.84. The van der Waals surface area contributed by atoms with Crippen molar-refractivity contribution >= 4 is 5.78 Å². The van der Waals surface area contributed by atoms with Gasteiger partial charge in [-0.15, -0.1) is 0 Å². The van der Waals surface area contributed by atoms with Gasteiger partial charge in [0.05, 0.1) is 19.3 Å². The van der Waals surface area contributed by atoms with Gasteiger partial charge in [-0.25, -0.2) is 0 Å². The van der Waals surface area contributed by atoms with Crippen LogP contribution in [0.5, 0.6) is 0 Å². The smallest absolute Gasteiger partial charge is 0.167 e. The molecule has 0 amide bonds. The summed E-state index contributed by atoms with van der Waals surface area (Å²) in [6.07, 6.45) is -3.48. The normalized spacial score (nSPS) is 39.2. The highest BCUT2D eigenvalue weighted by Crippen LogP contribution is 2.36. The molecule has 3 rings (SSSR count). The van der Waals surface area contributed by atoms with Gasteiger partial charge in [-0.3, -0.25) is 4.79 Å². The van der Waals surface area contributed by atoms with Crippen LogP contribution < -0.4 is 0 Å². The second-order valence-electron chi connectivity index (χ2n) is 8.49. The monoisotopic (exact) mass is 374 g/mol. The van der Waals surface area contributed by atoms with Crippen molar-refractivity contribution in [3.63, 3.8) is 0 Å². The molecule has 8 heteroatoms. The van der Waals surface area contributed by atoms with Crippen LogP contribution >= 0.6 is 0 Å². The molecule has 26 heavy (non-hydrogen) atoms. The van der Waals surface area contributed by atoms with Crippen LogP contribution in [0.15, 0.2) is 0 Å². The third kappa shape index (κ3) is 4.44. The van der Waals surface area contributed by atoms with Gasteiger partial charge < -0.3 is 33.5 Å². The van der Waals surface area contributed by atoms with Crippen LogP contribution in [0.2, 0.25) is 0 Å². The first-order valence-corrected chi connectivity index (χ1v) is 9.07. The fourth-order valence-corrected chi connectivity index (χ4v) is 3.55. The van der Waals surface area contributed by atoms with Gasteiger partial charge in [-0.05, 0) is 41.5 Å². The van der Waals surface area contributed by atoms with Crippen LogP contribution in [-0.2, 0) is 33.2 Å². The number of Topliss-reactive ketones (excluding diaryl/α,β-unsaturated/α-hetero) is 1. The summed E-state index contributed by atoms with van der Waals surface area (Å²) in [4.78, 5) is 12.8. The molecular weight excluding hydrogens is 344 g/mol. The molecule has 0 spiro atoms. The average Bonchev–Trinajstić information content (AvgIpc) is 3.13. The van der Waals surface area contributed by atoms with E-state index in [2.05, 4.69) is 0 Å². The number of aliphatic hydroxyl groups excluding tert-OH is 1. The molecule has 0 bridgehead atoms. The molecule has 5 atom stereocenters. The van der Waals surface area contributed by atoms with Crippen molar-refractivity contribution in [3.05, 3.63) is 0 Å². The Balaban J connectivity index is 1.64. The highest BCUT2D eigenvalue weighted by atomic mass is 16.8. The maximum absolute atomic E-state index is 12.8. The lowest BCUT2D eigenvalue weighted by atomic mass is 9.98. The number of carbonyl (C=O) groups is 1. The van der Waals surface area contributed by atoms with E-state index < -0.39 is 47.9 Å². The summed E-state index contributed by atoms with van der Waals surface area (Å²) in [7, 11) is 0. The minimum Gasteiger partial charge on any atom is -0.390 e. The summed E-state index contributed by atoms with van der Waals surface area (Å²) >= 11 is 0. The zero-order valence-corrected chi connectivity index (χ0v) is 16.3. The first-order chi connectivity index (χ1) is 11.9. The van der Waals surface area contributed by atoms with Gasteiger partial charge >= 0.3 is 0 Å². The largest absolute Gasteiger partial charge is 0.390 e. The number of carbonyl (C=O) groups excluding carboxylic acids is 1. The Labute approximate surface area is 154 Å². The molecule has 8 nitrogen and oxygen atoms in total. The molecule has 150 valence electrons. The molecule has 3 saturated heterocycles. The van der Waals surface area contributed by atoms with Crippen LogP contribution in [0, 0.1) is 0 Å². The number of aliphatic hydroxyl groups is 1. The van der Waals surface area contributed by atoms with Crippen molar-refractivity contribution < 1.29 is 38.3 Å². The van der Waals surface area contributed by atoms with E-state index in [9.17, 15) is 9.90 Å². The number of ketones is 1. The van der Waals surface area contributed by atoms with Crippen LogP contribution in [-0.4, -0.2) is 72.0 Å². The Morgan fingerprint density at radius 3 is 2.08 bits per heavy atom. The average molecular weight is 374 g/mol. The Morgan fingerprint density at radius 2 is 1.54 bits per heavy atom. The van der Waals surface area contributed by atoms with E-state index >= 15 is 0 Å². The van der Waals surface area contributed by atoms with Gasteiger partial charge in [0.2, 0.25) is 0 Å². The van der Waals surface area contributed by atoms with Gasteiger partial charge in [0.1, 0.15) is 24.4 Å². The molecule has 0 saturated carbocycles. The maximum atomic E-state index is 12.8. The first-order valence-electron chi connectivity index (χ1n) is 9.07. The molecule has 0 aromatic heterocycles. The van der Waals surface area contributed by atoms with Crippen LogP contribution in [0.1, 0.15) is 48.0 Å². The highest BCUT2D eigenvalue weighted by Gasteiger charge is 2.52. The zero-order valence-electron chi connectivity index (χ0n) is 16.3. The molecule has 0 aliphatic carbocycles. The van der Waals surface area contributed by atoms with E-state index in [-0.39, 0.29) is 18.8 Å². The standard InChI is InChI=1S/C18H30O8/c1-16(2)21-8-12(23-16)10(19)7-11(20)14-15(26-18(5,6)25-14)13-9-22-17(3,4)24-13/h10,12-15,19H,7-9H2,1-6H3/t10-,12+,13-,14-,15-/m0/s1. The van der Waals surface area contributed by atoms with E-state index in [4.69, 9.17) is 28.4 Å². The number of hydrogen-bond acceptors (Lipinski definition) is 8. The summed E-state index contributed by atoms with van der Waals surface area (Å²) in [6, 6.07) is 0. The molecule has 1 N–H and O–H groups in total. The second kappa shape index (κ2) is 6.77. The Kier molecular flexibility index (Phi) is 5.24. The van der Waals surface area contributed by atoms with Crippen molar-refractivity contribution in [3.8, 4) is 0 Å². The fraction of sp³-hybridized carbons (Fsp3) is 0.944. The second-order valence-corrected chi connectivity index (χ2v) is 8.49. The van der Waals surface area contributed by atoms with E-state index in [0.717, 1.165) is 0 Å². The number of hydrogen-bond donors (Lipinski definition) is 1. The molecule has 0 aromatic rings. The molecule has 3 aliphatic rings. The van der Waals surface area contributed by atoms with Crippen molar-refractivity contribution in [1.82, 2.24) is 0 Å². The van der Waals surface area contributed by atoms with Gasteiger partial charge in [0.15, 0.2) is 23.1 Å². The van der Waals surface area contributed by atoms with E-state index in [0.29, 0.717) is 6.61 Å². The Hall–Kier alpha value is -0.610.